The van der Waals surface area contributed by atoms with E-state index in [0.29, 0.717) is 33.3 Å². The van der Waals surface area contributed by atoms with Crippen LogP contribution in [0.3, 0.4) is 0 Å². The normalized spacial score (nSPS) is 12.0. The van der Waals surface area contributed by atoms with Gasteiger partial charge in [-0.15, -0.1) is 11.3 Å². The predicted octanol–water partition coefficient (Wildman–Crippen LogP) is 7.92. The van der Waals surface area contributed by atoms with Crippen LogP contribution in [-0.4, -0.2) is 25.1 Å². The Morgan fingerprint density at radius 1 is 0.976 bits per heavy atom. The molecule has 210 valence electrons. The predicted molar refractivity (Wildman–Crippen MR) is 165 cm³/mol. The van der Waals surface area contributed by atoms with Crippen LogP contribution in [0.2, 0.25) is 0 Å². The third-order valence-electron chi connectivity index (χ3n) is 6.75. The van der Waals surface area contributed by atoms with Crippen molar-refractivity contribution in [3.8, 4) is 22.8 Å². The van der Waals surface area contributed by atoms with Crippen molar-refractivity contribution in [1.29, 1.82) is 0 Å². The van der Waals surface area contributed by atoms with Gasteiger partial charge in [0, 0.05) is 21.9 Å². The summed E-state index contributed by atoms with van der Waals surface area (Å²) in [5.74, 6) is 0.943. The van der Waals surface area contributed by atoms with Crippen molar-refractivity contribution < 1.29 is 18.7 Å². The highest BCUT2D eigenvalue weighted by molar-refractivity contribution is 7.16. The fourth-order valence-corrected chi connectivity index (χ4v) is 5.36. The van der Waals surface area contributed by atoms with Gasteiger partial charge >= 0.3 is 0 Å². The van der Waals surface area contributed by atoms with Gasteiger partial charge in [0.05, 0.1) is 25.6 Å². The number of carbonyl (C=O) groups is 1. The highest BCUT2D eigenvalue weighted by Crippen LogP contribution is 2.33. The first-order chi connectivity index (χ1) is 19.7. The van der Waals surface area contributed by atoms with E-state index in [0.717, 1.165) is 22.6 Å². The lowest BCUT2D eigenvalue weighted by molar-refractivity contribution is 0.102. The van der Waals surface area contributed by atoms with Crippen LogP contribution in [-0.2, 0) is 11.8 Å². The zero-order valence-electron chi connectivity index (χ0n) is 24.1. The molecule has 0 aliphatic heterocycles. The smallest absolute Gasteiger partial charge is 0.262 e. The second-order valence-corrected chi connectivity index (χ2v) is 11.7. The summed E-state index contributed by atoms with van der Waals surface area (Å²) < 4.78 is 16.9. The summed E-state index contributed by atoms with van der Waals surface area (Å²) in [6, 6.07) is 22.9. The lowest BCUT2D eigenvalue weighted by Crippen LogP contribution is -2.21. The van der Waals surface area contributed by atoms with E-state index < -0.39 is 0 Å². The Morgan fingerprint density at radius 2 is 1.71 bits per heavy atom. The van der Waals surface area contributed by atoms with Gasteiger partial charge in [0.15, 0.2) is 5.13 Å². The number of thiazole rings is 1. The molecule has 0 atom stereocenters. The Labute approximate surface area is 243 Å². The number of ether oxygens (including phenoxy) is 2. The van der Waals surface area contributed by atoms with Gasteiger partial charge < -0.3 is 13.9 Å². The Morgan fingerprint density at radius 3 is 2.39 bits per heavy atom. The molecule has 2 aromatic heterocycles. The number of carbonyl (C=O) groups excluding carboxylic acids is 1. The molecule has 0 fully saturated rings. The van der Waals surface area contributed by atoms with Crippen molar-refractivity contribution in [1.82, 2.24) is 4.98 Å². The van der Waals surface area contributed by atoms with Crippen molar-refractivity contribution in [3.63, 3.8) is 0 Å². The number of fused-ring (bicyclic) bond motifs is 1. The number of hydrogen-bond donors (Lipinski definition) is 1. The van der Waals surface area contributed by atoms with Crippen molar-refractivity contribution in [2.75, 3.05) is 19.5 Å². The number of hydrogen-bond acceptors (Lipinski definition) is 7. The second-order valence-electron chi connectivity index (χ2n) is 10.6. The molecule has 0 unspecified atom stereocenters. The van der Waals surface area contributed by atoms with Gasteiger partial charge in [0.25, 0.3) is 5.91 Å². The molecule has 1 N–H and O–H groups in total. The Kier molecular flexibility index (Phi) is 7.94. The van der Waals surface area contributed by atoms with Gasteiger partial charge in [0.2, 0.25) is 5.55 Å². The summed E-state index contributed by atoms with van der Waals surface area (Å²) in [6.45, 7) is 8.67. The molecule has 0 aliphatic carbocycles. The molecule has 0 spiro atoms. The minimum atomic E-state index is -0.369. The van der Waals surface area contributed by atoms with Crippen molar-refractivity contribution in [3.05, 3.63) is 94.4 Å². The molecular weight excluding hydrogens is 534 g/mol. The number of nitrogens with zero attached hydrogens (tertiary/aromatic N) is 2. The Bertz CT molecular complexity index is 1780. The minimum absolute atomic E-state index is 0.0654. The van der Waals surface area contributed by atoms with E-state index >= 15 is 0 Å². The average Bonchev–Trinajstić information content (AvgIpc) is 3.39. The quantitative estimate of drug-likeness (QED) is 0.216. The average molecular weight is 568 g/mol. The topological polar surface area (TPSA) is 86.0 Å². The molecule has 0 bridgehead atoms. The van der Waals surface area contributed by atoms with Gasteiger partial charge in [-0.25, -0.2) is 9.98 Å². The highest BCUT2D eigenvalue weighted by Gasteiger charge is 2.19. The van der Waals surface area contributed by atoms with E-state index in [9.17, 15) is 4.79 Å². The summed E-state index contributed by atoms with van der Waals surface area (Å²) in [6.07, 6.45) is 0.797. The summed E-state index contributed by atoms with van der Waals surface area (Å²) >= 11 is 1.47. The molecule has 7 nitrogen and oxygen atoms in total. The van der Waals surface area contributed by atoms with Crippen molar-refractivity contribution in [2.24, 2.45) is 4.99 Å². The zero-order valence-corrected chi connectivity index (χ0v) is 24.9. The molecule has 3 aromatic carbocycles. The van der Waals surface area contributed by atoms with E-state index in [1.807, 2.05) is 24.3 Å². The van der Waals surface area contributed by atoms with Crippen LogP contribution in [0.15, 0.2) is 82.2 Å². The second kappa shape index (κ2) is 11.6. The third kappa shape index (κ3) is 6.18. The maximum atomic E-state index is 13.7. The molecule has 0 aliphatic rings. The molecule has 1 amide bonds. The number of aryl methyl sites for hydroxylation is 1. The lowest BCUT2D eigenvalue weighted by atomic mass is 9.86. The SMILES string of the molecule is CCc1sc(NC(=O)c2cc3cc(OC)ccc3oc2=Nc2cccc(OC)c2)nc1-c1ccc(C(C)(C)C)cc1. The number of aromatic nitrogens is 1. The number of amides is 1. The molecule has 0 saturated heterocycles. The first-order valence-corrected chi connectivity index (χ1v) is 14.2. The third-order valence-corrected chi connectivity index (χ3v) is 7.86. The molecule has 5 aromatic rings. The monoisotopic (exact) mass is 567 g/mol. The summed E-state index contributed by atoms with van der Waals surface area (Å²) in [4.78, 5) is 24.3. The van der Waals surface area contributed by atoms with Crippen LogP contribution >= 0.6 is 11.3 Å². The van der Waals surface area contributed by atoms with E-state index in [-0.39, 0.29) is 22.4 Å². The molecule has 8 heteroatoms. The van der Waals surface area contributed by atoms with Crippen molar-refractivity contribution in [2.45, 2.75) is 39.5 Å². The van der Waals surface area contributed by atoms with Crippen LogP contribution in [0.4, 0.5) is 10.8 Å². The summed E-state index contributed by atoms with van der Waals surface area (Å²) in [5, 5.41) is 4.22. The van der Waals surface area contributed by atoms with Crippen LogP contribution < -0.4 is 20.3 Å². The minimum Gasteiger partial charge on any atom is -0.497 e. The molecule has 2 heterocycles. The maximum absolute atomic E-state index is 13.7. The van der Waals surface area contributed by atoms with Crippen LogP contribution in [0.25, 0.3) is 22.2 Å². The molecule has 41 heavy (non-hydrogen) atoms. The lowest BCUT2D eigenvalue weighted by Gasteiger charge is -2.19. The van der Waals surface area contributed by atoms with E-state index in [1.165, 1.54) is 16.9 Å². The standard InChI is InChI=1S/C33H33N3O4S/c1-7-28-29(20-11-13-22(14-12-20)33(2,3)4)35-32(41-28)36-30(37)26-18-21-17-25(39-6)15-16-27(21)40-31(26)34-23-9-8-10-24(19-23)38-5/h8-19H,7H2,1-6H3,(H,35,36,37). The molecule has 0 saturated carbocycles. The molecule has 0 radical (unpaired) electrons. The van der Waals surface area contributed by atoms with Gasteiger partial charge in [-0.05, 0) is 53.8 Å². The fourth-order valence-electron chi connectivity index (χ4n) is 4.44. The largest absolute Gasteiger partial charge is 0.497 e. The fraction of sp³-hybridized carbons (Fsp3) is 0.242. The van der Waals surface area contributed by atoms with Crippen molar-refractivity contribution >= 4 is 39.0 Å². The van der Waals surface area contributed by atoms with E-state index in [2.05, 4.69) is 62.3 Å². The summed E-state index contributed by atoms with van der Waals surface area (Å²) in [7, 11) is 3.19. The van der Waals surface area contributed by atoms with Crippen LogP contribution in [0, 0.1) is 0 Å². The molecular formula is C33H33N3O4S. The number of rotatable bonds is 7. The number of methoxy groups -OCH3 is 2. The first kappa shape index (κ1) is 28.1. The molecule has 5 rings (SSSR count). The number of nitrogens with one attached hydrogen (secondary N) is 1. The maximum Gasteiger partial charge on any atom is 0.262 e. The van der Waals surface area contributed by atoms with Crippen LogP contribution in [0.1, 0.15) is 48.5 Å². The van der Waals surface area contributed by atoms with Gasteiger partial charge in [-0.2, -0.15) is 0 Å². The van der Waals surface area contributed by atoms with E-state index in [4.69, 9.17) is 18.9 Å². The summed E-state index contributed by atoms with van der Waals surface area (Å²) in [5.41, 5.74) is 4.85. The van der Waals surface area contributed by atoms with Gasteiger partial charge in [-0.1, -0.05) is 58.0 Å². The van der Waals surface area contributed by atoms with Gasteiger partial charge in [0.1, 0.15) is 22.6 Å². The van der Waals surface area contributed by atoms with E-state index in [1.54, 1.807) is 38.5 Å². The van der Waals surface area contributed by atoms with Gasteiger partial charge in [-0.3, -0.25) is 10.1 Å². The highest BCUT2D eigenvalue weighted by atomic mass is 32.1. The zero-order chi connectivity index (χ0) is 29.1. The first-order valence-electron chi connectivity index (χ1n) is 13.4. The Balaban J connectivity index is 1.54. The Hall–Kier alpha value is -4.43. The number of anilines is 1. The number of benzene rings is 3. The van der Waals surface area contributed by atoms with Crippen LogP contribution in [0.5, 0.6) is 11.5 Å².